The average Bonchev–Trinajstić information content (AvgIpc) is 2.63. The summed E-state index contributed by atoms with van der Waals surface area (Å²) in [5, 5.41) is 12.4. The molecule has 1 atom stereocenters. The second-order valence-corrected chi connectivity index (χ2v) is 5.37. The average molecular weight is 299 g/mol. The summed E-state index contributed by atoms with van der Waals surface area (Å²) in [6, 6.07) is 24.5. The van der Waals surface area contributed by atoms with Crippen LogP contribution in [0.25, 0.3) is 11.1 Å². The first-order chi connectivity index (χ1) is 11.3. The van der Waals surface area contributed by atoms with Gasteiger partial charge in [-0.1, -0.05) is 54.6 Å². The number of nitriles is 1. The second-order valence-electron chi connectivity index (χ2n) is 5.37. The highest BCUT2D eigenvalue weighted by Crippen LogP contribution is 2.24. The van der Waals surface area contributed by atoms with E-state index < -0.39 is 0 Å². The Labute approximate surface area is 136 Å². The first-order valence-electron chi connectivity index (χ1n) is 7.55. The van der Waals surface area contributed by atoms with Crippen molar-refractivity contribution in [2.24, 2.45) is 0 Å². The van der Waals surface area contributed by atoms with Gasteiger partial charge in [0.05, 0.1) is 5.56 Å². The van der Waals surface area contributed by atoms with Gasteiger partial charge >= 0.3 is 0 Å². The molecule has 0 aliphatic rings. The Morgan fingerprint density at radius 3 is 2.30 bits per heavy atom. The molecule has 0 spiro atoms. The third-order valence-corrected chi connectivity index (χ3v) is 3.80. The maximum Gasteiger partial charge on any atom is 0.144 e. The minimum atomic E-state index is 0.0711. The van der Waals surface area contributed by atoms with Gasteiger partial charge in [-0.25, -0.2) is 4.98 Å². The standard InChI is InChI=1S/C20H17N3/c1-15(23-20-19(14-21)8-5-13-22-20)16-9-11-18(12-10-16)17-6-3-2-4-7-17/h2-13,15H,1H3,(H,22,23). The van der Waals surface area contributed by atoms with Gasteiger partial charge in [-0.05, 0) is 35.7 Å². The molecule has 0 fully saturated rings. The molecule has 1 N–H and O–H groups in total. The molecule has 3 heteroatoms. The number of hydrogen-bond acceptors (Lipinski definition) is 3. The first-order valence-corrected chi connectivity index (χ1v) is 7.55. The maximum atomic E-state index is 9.13. The summed E-state index contributed by atoms with van der Waals surface area (Å²) < 4.78 is 0. The van der Waals surface area contributed by atoms with Gasteiger partial charge in [-0.2, -0.15) is 5.26 Å². The summed E-state index contributed by atoms with van der Waals surface area (Å²) in [6.45, 7) is 2.06. The molecule has 1 heterocycles. The van der Waals surface area contributed by atoms with Crippen molar-refractivity contribution >= 4 is 5.82 Å². The minimum absolute atomic E-state index is 0.0711. The Morgan fingerprint density at radius 2 is 1.61 bits per heavy atom. The number of benzene rings is 2. The quantitative estimate of drug-likeness (QED) is 0.753. The maximum absolute atomic E-state index is 9.13. The second kappa shape index (κ2) is 6.76. The number of anilines is 1. The summed E-state index contributed by atoms with van der Waals surface area (Å²) in [6.07, 6.45) is 1.69. The van der Waals surface area contributed by atoms with Gasteiger partial charge in [-0.3, -0.25) is 0 Å². The number of rotatable bonds is 4. The van der Waals surface area contributed by atoms with Crippen LogP contribution in [0.3, 0.4) is 0 Å². The van der Waals surface area contributed by atoms with Crippen LogP contribution in [0.4, 0.5) is 5.82 Å². The van der Waals surface area contributed by atoms with Crippen LogP contribution in [-0.4, -0.2) is 4.98 Å². The smallest absolute Gasteiger partial charge is 0.144 e. The van der Waals surface area contributed by atoms with Crippen molar-refractivity contribution in [3.05, 3.63) is 84.1 Å². The number of pyridine rings is 1. The molecule has 2 aromatic carbocycles. The fraction of sp³-hybridized carbons (Fsp3) is 0.100. The van der Waals surface area contributed by atoms with E-state index in [1.807, 2.05) is 18.2 Å². The fourth-order valence-corrected chi connectivity index (χ4v) is 2.49. The zero-order chi connectivity index (χ0) is 16.1. The summed E-state index contributed by atoms with van der Waals surface area (Å²) in [7, 11) is 0. The third kappa shape index (κ3) is 3.38. The van der Waals surface area contributed by atoms with Crippen LogP contribution >= 0.6 is 0 Å². The summed E-state index contributed by atoms with van der Waals surface area (Å²) in [5.41, 5.74) is 4.10. The number of aromatic nitrogens is 1. The lowest BCUT2D eigenvalue weighted by atomic mass is 10.0. The van der Waals surface area contributed by atoms with E-state index in [0.29, 0.717) is 11.4 Å². The predicted octanol–water partition coefficient (Wildman–Crippen LogP) is 4.79. The first kappa shape index (κ1) is 14.8. The zero-order valence-electron chi connectivity index (χ0n) is 12.9. The molecule has 0 saturated carbocycles. The van der Waals surface area contributed by atoms with Crippen LogP contribution in [0.5, 0.6) is 0 Å². The SMILES string of the molecule is CC(Nc1ncccc1C#N)c1ccc(-c2ccccc2)cc1. The van der Waals surface area contributed by atoms with Gasteiger partial charge in [0.2, 0.25) is 0 Å². The Balaban J connectivity index is 1.78. The molecule has 23 heavy (non-hydrogen) atoms. The van der Waals surface area contributed by atoms with E-state index in [1.165, 1.54) is 11.1 Å². The summed E-state index contributed by atoms with van der Waals surface area (Å²) in [5.74, 6) is 0.620. The van der Waals surface area contributed by atoms with E-state index in [-0.39, 0.29) is 6.04 Å². The van der Waals surface area contributed by atoms with Crippen molar-refractivity contribution in [3.63, 3.8) is 0 Å². The van der Waals surface area contributed by atoms with Crippen LogP contribution in [0, 0.1) is 11.3 Å². The number of hydrogen-bond donors (Lipinski definition) is 1. The molecule has 3 nitrogen and oxygen atoms in total. The molecular weight excluding hydrogens is 282 g/mol. The van der Waals surface area contributed by atoms with Crippen LogP contribution < -0.4 is 5.32 Å². The lowest BCUT2D eigenvalue weighted by Crippen LogP contribution is -2.09. The van der Waals surface area contributed by atoms with Crippen LogP contribution in [0.15, 0.2) is 72.9 Å². The molecule has 0 radical (unpaired) electrons. The van der Waals surface area contributed by atoms with E-state index in [0.717, 1.165) is 5.56 Å². The fourth-order valence-electron chi connectivity index (χ4n) is 2.49. The molecule has 3 aromatic rings. The molecule has 0 aliphatic carbocycles. The lowest BCUT2D eigenvalue weighted by Gasteiger charge is -2.16. The number of nitrogens with one attached hydrogen (secondary N) is 1. The van der Waals surface area contributed by atoms with E-state index in [4.69, 9.17) is 5.26 Å². The van der Waals surface area contributed by atoms with E-state index in [1.54, 1.807) is 18.3 Å². The van der Waals surface area contributed by atoms with Gasteiger partial charge in [0, 0.05) is 12.2 Å². The highest BCUT2D eigenvalue weighted by Gasteiger charge is 2.09. The van der Waals surface area contributed by atoms with Crippen molar-refractivity contribution < 1.29 is 0 Å². The van der Waals surface area contributed by atoms with Gasteiger partial charge in [0.25, 0.3) is 0 Å². The van der Waals surface area contributed by atoms with Crippen molar-refractivity contribution in [2.45, 2.75) is 13.0 Å². The van der Waals surface area contributed by atoms with Crippen molar-refractivity contribution in [1.29, 1.82) is 5.26 Å². The topological polar surface area (TPSA) is 48.7 Å². The van der Waals surface area contributed by atoms with Gasteiger partial charge in [0.15, 0.2) is 0 Å². The lowest BCUT2D eigenvalue weighted by molar-refractivity contribution is 0.874. The third-order valence-electron chi connectivity index (χ3n) is 3.80. The normalized spacial score (nSPS) is 11.5. The van der Waals surface area contributed by atoms with Gasteiger partial charge in [-0.15, -0.1) is 0 Å². The number of nitrogens with zero attached hydrogens (tertiary/aromatic N) is 2. The van der Waals surface area contributed by atoms with E-state index in [2.05, 4.69) is 59.7 Å². The van der Waals surface area contributed by atoms with Crippen LogP contribution in [0.2, 0.25) is 0 Å². The molecular formula is C20H17N3. The molecule has 0 saturated heterocycles. The minimum Gasteiger partial charge on any atom is -0.362 e. The summed E-state index contributed by atoms with van der Waals surface area (Å²) in [4.78, 5) is 4.25. The van der Waals surface area contributed by atoms with Crippen LogP contribution in [-0.2, 0) is 0 Å². The summed E-state index contributed by atoms with van der Waals surface area (Å²) >= 11 is 0. The molecule has 1 unspecified atom stereocenters. The molecule has 0 aliphatic heterocycles. The van der Waals surface area contributed by atoms with E-state index >= 15 is 0 Å². The molecule has 112 valence electrons. The highest BCUT2D eigenvalue weighted by atomic mass is 15.0. The molecule has 0 amide bonds. The molecule has 0 bridgehead atoms. The molecule has 3 rings (SSSR count). The van der Waals surface area contributed by atoms with Crippen molar-refractivity contribution in [1.82, 2.24) is 4.98 Å². The Kier molecular flexibility index (Phi) is 4.35. The largest absolute Gasteiger partial charge is 0.362 e. The Hall–Kier alpha value is -3.12. The van der Waals surface area contributed by atoms with E-state index in [9.17, 15) is 0 Å². The van der Waals surface area contributed by atoms with Gasteiger partial charge in [0.1, 0.15) is 11.9 Å². The Morgan fingerprint density at radius 1 is 0.913 bits per heavy atom. The van der Waals surface area contributed by atoms with Crippen molar-refractivity contribution in [2.75, 3.05) is 5.32 Å². The van der Waals surface area contributed by atoms with Crippen LogP contribution in [0.1, 0.15) is 24.1 Å². The monoisotopic (exact) mass is 299 g/mol. The van der Waals surface area contributed by atoms with Crippen molar-refractivity contribution in [3.8, 4) is 17.2 Å². The highest BCUT2D eigenvalue weighted by molar-refractivity contribution is 5.63. The predicted molar refractivity (Wildman–Crippen MR) is 92.9 cm³/mol. The van der Waals surface area contributed by atoms with Gasteiger partial charge < -0.3 is 5.32 Å². The Bertz CT molecular complexity index is 818. The zero-order valence-corrected chi connectivity index (χ0v) is 12.9. The molecule has 1 aromatic heterocycles.